The number of rotatable bonds is 5. The van der Waals surface area contributed by atoms with Crippen LogP contribution in [0, 0.1) is 0 Å². The van der Waals surface area contributed by atoms with Gasteiger partial charge < -0.3 is 10.6 Å². The Morgan fingerprint density at radius 1 is 1.00 bits per heavy atom. The number of halogens is 2. The molecule has 1 aliphatic rings. The summed E-state index contributed by atoms with van der Waals surface area (Å²) in [5.74, 6) is 0. The number of aryl methyl sites for hydroxylation is 1. The first-order valence-electron chi connectivity index (χ1n) is 8.64. The number of hydrogen-bond donors (Lipinski definition) is 2. The van der Waals surface area contributed by atoms with Crippen LogP contribution in [0.15, 0.2) is 48.5 Å². The predicted molar refractivity (Wildman–Crippen MR) is 112 cm³/mol. The molecule has 0 saturated heterocycles. The zero-order valence-corrected chi connectivity index (χ0v) is 16.4. The van der Waals surface area contributed by atoms with E-state index in [1.54, 1.807) is 0 Å². The van der Waals surface area contributed by atoms with Gasteiger partial charge in [-0.15, -0.1) is 0 Å². The summed E-state index contributed by atoms with van der Waals surface area (Å²) in [5, 5.41) is 9.00. The van der Waals surface area contributed by atoms with Gasteiger partial charge in [0.25, 0.3) is 0 Å². The average Bonchev–Trinajstić information content (AvgIpc) is 3.03. The maximum Gasteiger partial charge on any atom is 0.171 e. The van der Waals surface area contributed by atoms with E-state index in [0.29, 0.717) is 10.1 Å². The molecule has 0 aliphatic heterocycles. The van der Waals surface area contributed by atoms with Gasteiger partial charge in [0.2, 0.25) is 0 Å². The summed E-state index contributed by atoms with van der Waals surface area (Å²) < 4.78 is 0. The SMILES string of the molecule is S=C(Nc1cccc(Cl)c1)NC1(CCc2ccc(Cl)cc2)CCCC1. The van der Waals surface area contributed by atoms with E-state index in [-0.39, 0.29) is 5.54 Å². The molecule has 0 amide bonds. The van der Waals surface area contributed by atoms with Crippen molar-refractivity contribution in [3.8, 4) is 0 Å². The summed E-state index contributed by atoms with van der Waals surface area (Å²) in [4.78, 5) is 0. The van der Waals surface area contributed by atoms with Crippen molar-refractivity contribution >= 4 is 46.2 Å². The second-order valence-corrected chi connectivity index (χ2v) is 7.98. The lowest BCUT2D eigenvalue weighted by molar-refractivity contribution is 0.362. The van der Waals surface area contributed by atoms with Gasteiger partial charge in [0, 0.05) is 21.3 Å². The van der Waals surface area contributed by atoms with E-state index >= 15 is 0 Å². The molecule has 0 radical (unpaired) electrons. The zero-order chi connectivity index (χ0) is 17.7. The van der Waals surface area contributed by atoms with Gasteiger partial charge >= 0.3 is 0 Å². The second kappa shape index (κ2) is 8.39. The van der Waals surface area contributed by atoms with Crippen LogP contribution in [-0.4, -0.2) is 10.7 Å². The highest BCUT2D eigenvalue weighted by Crippen LogP contribution is 2.34. The third-order valence-electron chi connectivity index (χ3n) is 4.83. The van der Waals surface area contributed by atoms with Crippen molar-refractivity contribution in [2.45, 2.75) is 44.1 Å². The molecule has 2 aromatic carbocycles. The van der Waals surface area contributed by atoms with Crippen molar-refractivity contribution in [2.75, 3.05) is 5.32 Å². The van der Waals surface area contributed by atoms with Gasteiger partial charge in [0.15, 0.2) is 5.11 Å². The monoisotopic (exact) mass is 392 g/mol. The Morgan fingerprint density at radius 3 is 2.40 bits per heavy atom. The molecular weight excluding hydrogens is 371 g/mol. The van der Waals surface area contributed by atoms with Gasteiger partial charge in [-0.25, -0.2) is 0 Å². The quantitative estimate of drug-likeness (QED) is 0.589. The van der Waals surface area contributed by atoms with Crippen molar-refractivity contribution in [3.05, 3.63) is 64.1 Å². The van der Waals surface area contributed by atoms with Crippen LogP contribution in [0.5, 0.6) is 0 Å². The van der Waals surface area contributed by atoms with Gasteiger partial charge in [0.05, 0.1) is 0 Å². The van der Waals surface area contributed by atoms with Crippen LogP contribution >= 0.6 is 35.4 Å². The van der Waals surface area contributed by atoms with Crippen LogP contribution in [0.25, 0.3) is 0 Å². The molecule has 5 heteroatoms. The molecule has 0 aromatic heterocycles. The van der Waals surface area contributed by atoms with Gasteiger partial charge in [0.1, 0.15) is 0 Å². The zero-order valence-electron chi connectivity index (χ0n) is 14.0. The van der Waals surface area contributed by atoms with E-state index in [4.69, 9.17) is 35.4 Å². The third-order valence-corrected chi connectivity index (χ3v) is 5.52. The molecule has 2 N–H and O–H groups in total. The maximum atomic E-state index is 6.04. The highest BCUT2D eigenvalue weighted by molar-refractivity contribution is 7.80. The molecule has 132 valence electrons. The van der Waals surface area contributed by atoms with Crippen LogP contribution in [0.4, 0.5) is 5.69 Å². The lowest BCUT2D eigenvalue weighted by atomic mass is 9.89. The van der Waals surface area contributed by atoms with Gasteiger partial charge in [-0.3, -0.25) is 0 Å². The van der Waals surface area contributed by atoms with E-state index in [1.165, 1.54) is 18.4 Å². The fraction of sp³-hybridized carbons (Fsp3) is 0.350. The molecule has 1 fully saturated rings. The van der Waals surface area contributed by atoms with Gasteiger partial charge in [-0.05, 0) is 73.8 Å². The second-order valence-electron chi connectivity index (χ2n) is 6.70. The lowest BCUT2D eigenvalue weighted by Crippen LogP contribution is -2.48. The minimum absolute atomic E-state index is 0.0717. The van der Waals surface area contributed by atoms with E-state index in [1.807, 2.05) is 36.4 Å². The summed E-state index contributed by atoms with van der Waals surface area (Å²) in [5.41, 5.74) is 2.30. The fourth-order valence-corrected chi connectivity index (χ4v) is 4.14. The Hall–Kier alpha value is -1.29. The molecular formula is C20H22Cl2N2S. The predicted octanol–water partition coefficient (Wildman–Crippen LogP) is 6.23. The molecule has 0 heterocycles. The van der Waals surface area contributed by atoms with Crippen LogP contribution in [0.2, 0.25) is 10.0 Å². The van der Waals surface area contributed by atoms with E-state index < -0.39 is 0 Å². The first-order valence-corrected chi connectivity index (χ1v) is 9.80. The van der Waals surface area contributed by atoms with Crippen molar-refractivity contribution in [1.82, 2.24) is 5.32 Å². The van der Waals surface area contributed by atoms with Crippen molar-refractivity contribution < 1.29 is 0 Å². The molecule has 2 nitrogen and oxygen atoms in total. The fourth-order valence-electron chi connectivity index (χ4n) is 3.49. The molecule has 1 aliphatic carbocycles. The van der Waals surface area contributed by atoms with E-state index in [2.05, 4.69) is 22.8 Å². The Bertz CT molecular complexity index is 725. The normalized spacial score (nSPS) is 15.8. The molecule has 2 aromatic rings. The minimum Gasteiger partial charge on any atom is -0.357 e. The minimum atomic E-state index is 0.0717. The molecule has 0 atom stereocenters. The van der Waals surface area contributed by atoms with Crippen molar-refractivity contribution in [3.63, 3.8) is 0 Å². The Balaban J connectivity index is 1.61. The number of nitrogens with one attached hydrogen (secondary N) is 2. The molecule has 0 unspecified atom stereocenters. The summed E-state index contributed by atoms with van der Waals surface area (Å²) in [6.07, 6.45) is 6.87. The molecule has 25 heavy (non-hydrogen) atoms. The summed E-state index contributed by atoms with van der Waals surface area (Å²) >= 11 is 17.6. The largest absolute Gasteiger partial charge is 0.357 e. The molecule has 0 spiro atoms. The highest BCUT2D eigenvalue weighted by atomic mass is 35.5. The number of hydrogen-bond acceptors (Lipinski definition) is 1. The summed E-state index contributed by atoms with van der Waals surface area (Å²) in [6, 6.07) is 15.7. The first-order chi connectivity index (χ1) is 12.0. The third kappa shape index (κ3) is 5.34. The standard InChI is InChI=1S/C20H22Cl2N2S/c21-16-8-6-15(7-9-16)10-13-20(11-1-2-12-20)24-19(25)23-18-5-3-4-17(22)14-18/h3-9,14H,1-2,10-13H2,(H2,23,24,25). The molecule has 3 rings (SSSR count). The van der Waals surface area contributed by atoms with Crippen molar-refractivity contribution in [1.29, 1.82) is 0 Å². The van der Waals surface area contributed by atoms with Gasteiger partial charge in [-0.1, -0.05) is 54.2 Å². The smallest absolute Gasteiger partial charge is 0.171 e. The lowest BCUT2D eigenvalue weighted by Gasteiger charge is -2.32. The summed E-state index contributed by atoms with van der Waals surface area (Å²) in [6.45, 7) is 0. The molecule has 0 bridgehead atoms. The van der Waals surface area contributed by atoms with Crippen LogP contribution in [0.1, 0.15) is 37.7 Å². The van der Waals surface area contributed by atoms with Crippen molar-refractivity contribution in [2.24, 2.45) is 0 Å². The Kier molecular flexibility index (Phi) is 6.21. The van der Waals surface area contributed by atoms with Crippen LogP contribution in [-0.2, 0) is 6.42 Å². The van der Waals surface area contributed by atoms with Crippen LogP contribution in [0.3, 0.4) is 0 Å². The number of benzene rings is 2. The Labute approximate surface area is 164 Å². The maximum absolute atomic E-state index is 6.04. The highest BCUT2D eigenvalue weighted by Gasteiger charge is 2.34. The van der Waals surface area contributed by atoms with E-state index in [0.717, 1.165) is 36.4 Å². The molecule has 1 saturated carbocycles. The van der Waals surface area contributed by atoms with E-state index in [9.17, 15) is 0 Å². The number of anilines is 1. The average molecular weight is 393 g/mol. The summed E-state index contributed by atoms with van der Waals surface area (Å²) in [7, 11) is 0. The topological polar surface area (TPSA) is 24.1 Å². The van der Waals surface area contributed by atoms with Gasteiger partial charge in [-0.2, -0.15) is 0 Å². The number of thiocarbonyl (C=S) groups is 1. The first kappa shape index (κ1) is 18.5. The van der Waals surface area contributed by atoms with Crippen LogP contribution < -0.4 is 10.6 Å². The Morgan fingerprint density at radius 2 is 1.72 bits per heavy atom.